The highest BCUT2D eigenvalue weighted by Gasteiger charge is 2.21. The average Bonchev–Trinajstić information content (AvgIpc) is 2.34. The Hall–Kier alpha value is -0.480. The highest BCUT2D eigenvalue weighted by Crippen LogP contribution is 2.28. The molecule has 1 nitrogen and oxygen atoms in total. The molecule has 4 heteroatoms. The van der Waals surface area contributed by atoms with Gasteiger partial charge in [-0.25, -0.2) is 8.78 Å². The maximum absolute atomic E-state index is 13.7. The first kappa shape index (κ1) is 13.9. The molecule has 0 heterocycles. The van der Waals surface area contributed by atoms with Crippen LogP contribution in [-0.4, -0.2) is 6.10 Å². The van der Waals surface area contributed by atoms with E-state index in [1.54, 1.807) is 0 Å². The molecule has 0 bridgehead atoms. The van der Waals surface area contributed by atoms with Gasteiger partial charge in [0.25, 0.3) is 0 Å². The lowest BCUT2D eigenvalue weighted by atomic mass is 9.89. The van der Waals surface area contributed by atoms with Crippen LogP contribution in [0.2, 0.25) is 0 Å². The number of benzene rings is 1. The summed E-state index contributed by atoms with van der Waals surface area (Å²) >= 11 is 3.06. The van der Waals surface area contributed by atoms with Crippen LogP contribution in [0, 0.1) is 17.6 Å². The van der Waals surface area contributed by atoms with Gasteiger partial charge < -0.3 is 4.74 Å². The monoisotopic (exact) mass is 318 g/mol. The number of halogens is 3. The zero-order chi connectivity index (χ0) is 13.1. The summed E-state index contributed by atoms with van der Waals surface area (Å²) in [5.41, 5.74) is 0.0163. The van der Waals surface area contributed by atoms with Gasteiger partial charge in [-0.3, -0.25) is 0 Å². The minimum atomic E-state index is -0.557. The van der Waals surface area contributed by atoms with Crippen molar-refractivity contribution in [3.8, 4) is 0 Å². The quantitative estimate of drug-likeness (QED) is 0.726. The van der Waals surface area contributed by atoms with Gasteiger partial charge in [0.2, 0.25) is 0 Å². The summed E-state index contributed by atoms with van der Waals surface area (Å²) in [5, 5.41) is 0. The molecule has 0 amide bonds. The van der Waals surface area contributed by atoms with Crippen molar-refractivity contribution in [2.75, 3.05) is 0 Å². The molecule has 1 saturated carbocycles. The van der Waals surface area contributed by atoms with Crippen molar-refractivity contribution in [1.29, 1.82) is 0 Å². The third-order valence-corrected chi connectivity index (χ3v) is 4.10. The molecule has 0 saturated heterocycles. The number of hydrogen-bond acceptors (Lipinski definition) is 1. The van der Waals surface area contributed by atoms with E-state index in [1.807, 2.05) is 0 Å². The van der Waals surface area contributed by atoms with Crippen molar-refractivity contribution in [3.63, 3.8) is 0 Å². The van der Waals surface area contributed by atoms with Crippen molar-refractivity contribution in [2.45, 2.75) is 45.3 Å². The van der Waals surface area contributed by atoms with Crippen molar-refractivity contribution >= 4 is 15.9 Å². The molecule has 0 radical (unpaired) electrons. The minimum Gasteiger partial charge on any atom is -0.373 e. The summed E-state index contributed by atoms with van der Waals surface area (Å²) in [7, 11) is 0. The Kier molecular flexibility index (Phi) is 4.73. The van der Waals surface area contributed by atoms with Crippen LogP contribution in [0.15, 0.2) is 16.6 Å². The third kappa shape index (κ3) is 3.29. The molecule has 0 spiro atoms. The van der Waals surface area contributed by atoms with Crippen LogP contribution in [-0.2, 0) is 11.3 Å². The van der Waals surface area contributed by atoms with Gasteiger partial charge in [-0.05, 0) is 46.8 Å². The van der Waals surface area contributed by atoms with Crippen molar-refractivity contribution in [2.24, 2.45) is 5.92 Å². The molecule has 1 fully saturated rings. The highest BCUT2D eigenvalue weighted by molar-refractivity contribution is 9.10. The molecular formula is C14H17BrF2O. The van der Waals surface area contributed by atoms with Crippen LogP contribution in [0.5, 0.6) is 0 Å². The summed E-state index contributed by atoms with van der Waals surface area (Å²) in [6.45, 7) is 2.20. The van der Waals surface area contributed by atoms with E-state index in [0.717, 1.165) is 19.3 Å². The van der Waals surface area contributed by atoms with Crippen molar-refractivity contribution in [3.05, 3.63) is 33.8 Å². The normalized spacial score (nSPS) is 24.2. The predicted molar refractivity (Wildman–Crippen MR) is 70.3 cm³/mol. The average molecular weight is 319 g/mol. The Labute approximate surface area is 115 Å². The predicted octanol–water partition coefficient (Wildman–Crippen LogP) is 4.82. The lowest BCUT2D eigenvalue weighted by Crippen LogP contribution is -2.21. The Morgan fingerprint density at radius 3 is 2.83 bits per heavy atom. The fraction of sp³-hybridized carbons (Fsp3) is 0.571. The van der Waals surface area contributed by atoms with Crippen LogP contribution >= 0.6 is 15.9 Å². The van der Waals surface area contributed by atoms with Crippen LogP contribution < -0.4 is 0 Å². The lowest BCUT2D eigenvalue weighted by molar-refractivity contribution is 0.00226. The van der Waals surface area contributed by atoms with E-state index in [2.05, 4.69) is 22.9 Å². The van der Waals surface area contributed by atoms with Crippen LogP contribution in [0.4, 0.5) is 8.78 Å². The summed E-state index contributed by atoms with van der Waals surface area (Å²) in [6.07, 6.45) is 4.46. The fourth-order valence-electron chi connectivity index (χ4n) is 2.43. The summed E-state index contributed by atoms with van der Waals surface area (Å²) in [4.78, 5) is 0. The molecule has 1 aromatic rings. The van der Waals surface area contributed by atoms with Gasteiger partial charge in [0.05, 0.1) is 22.7 Å². The summed E-state index contributed by atoms with van der Waals surface area (Å²) in [5.74, 6) is -0.459. The molecule has 1 aromatic carbocycles. The number of rotatable bonds is 3. The summed E-state index contributed by atoms with van der Waals surface area (Å²) in [6, 6.07) is 2.63. The maximum Gasteiger partial charge on any atom is 0.145 e. The molecule has 1 aliphatic carbocycles. The lowest BCUT2D eigenvalue weighted by Gasteiger charge is -2.26. The van der Waals surface area contributed by atoms with Gasteiger partial charge in [0.15, 0.2) is 0 Å². The van der Waals surface area contributed by atoms with E-state index in [0.29, 0.717) is 5.92 Å². The van der Waals surface area contributed by atoms with E-state index in [-0.39, 0.29) is 22.7 Å². The summed E-state index contributed by atoms with van der Waals surface area (Å²) < 4.78 is 33.2. The van der Waals surface area contributed by atoms with E-state index >= 15 is 0 Å². The largest absolute Gasteiger partial charge is 0.373 e. The van der Waals surface area contributed by atoms with Crippen LogP contribution in [0.1, 0.15) is 38.2 Å². The SMILES string of the molecule is CC1CCCC(OCc2c(F)ccc(Br)c2F)C1. The molecule has 0 N–H and O–H groups in total. The second-order valence-electron chi connectivity index (χ2n) is 5.03. The van der Waals surface area contributed by atoms with Crippen LogP contribution in [0.25, 0.3) is 0 Å². The third-order valence-electron chi connectivity index (χ3n) is 3.49. The van der Waals surface area contributed by atoms with Gasteiger partial charge >= 0.3 is 0 Å². The van der Waals surface area contributed by atoms with E-state index in [1.165, 1.54) is 18.6 Å². The van der Waals surface area contributed by atoms with E-state index in [9.17, 15) is 8.78 Å². The Morgan fingerprint density at radius 2 is 2.11 bits per heavy atom. The smallest absolute Gasteiger partial charge is 0.145 e. The molecule has 18 heavy (non-hydrogen) atoms. The Balaban J connectivity index is 1.99. The molecular weight excluding hydrogens is 302 g/mol. The number of ether oxygens (including phenoxy) is 1. The van der Waals surface area contributed by atoms with Crippen molar-refractivity contribution in [1.82, 2.24) is 0 Å². The van der Waals surface area contributed by atoms with E-state index in [4.69, 9.17) is 4.74 Å². The van der Waals surface area contributed by atoms with Crippen molar-refractivity contribution < 1.29 is 13.5 Å². The number of hydrogen-bond donors (Lipinski definition) is 0. The molecule has 0 aromatic heterocycles. The molecule has 2 rings (SSSR count). The Bertz CT molecular complexity index is 423. The minimum absolute atomic E-state index is 0.00843. The standard InChI is InChI=1S/C14H17BrF2O/c1-9-3-2-4-10(7-9)18-8-11-13(16)6-5-12(15)14(11)17/h5-6,9-10H,2-4,7-8H2,1H3. The molecule has 1 aliphatic rings. The van der Waals surface area contributed by atoms with Gasteiger partial charge in [-0.1, -0.05) is 19.8 Å². The first-order valence-corrected chi connectivity index (χ1v) is 7.11. The zero-order valence-electron chi connectivity index (χ0n) is 10.4. The van der Waals surface area contributed by atoms with Gasteiger partial charge in [0.1, 0.15) is 11.6 Å². The second kappa shape index (κ2) is 6.11. The molecule has 2 unspecified atom stereocenters. The second-order valence-corrected chi connectivity index (χ2v) is 5.88. The zero-order valence-corrected chi connectivity index (χ0v) is 12.0. The fourth-order valence-corrected chi connectivity index (χ4v) is 2.80. The highest BCUT2D eigenvalue weighted by atomic mass is 79.9. The molecule has 100 valence electrons. The topological polar surface area (TPSA) is 9.23 Å². The van der Waals surface area contributed by atoms with Gasteiger partial charge in [0, 0.05) is 0 Å². The van der Waals surface area contributed by atoms with E-state index < -0.39 is 11.6 Å². The molecule has 0 aliphatic heterocycles. The first-order chi connectivity index (χ1) is 8.58. The van der Waals surface area contributed by atoms with Gasteiger partial charge in [-0.2, -0.15) is 0 Å². The maximum atomic E-state index is 13.7. The Morgan fingerprint density at radius 1 is 1.33 bits per heavy atom. The van der Waals surface area contributed by atoms with Gasteiger partial charge in [-0.15, -0.1) is 0 Å². The first-order valence-electron chi connectivity index (χ1n) is 6.32. The van der Waals surface area contributed by atoms with Crippen LogP contribution in [0.3, 0.4) is 0 Å². The molecule has 2 atom stereocenters.